The van der Waals surface area contributed by atoms with Gasteiger partial charge in [-0.05, 0) is 41.8 Å². The molecule has 1 aliphatic rings. The van der Waals surface area contributed by atoms with E-state index in [1.165, 1.54) is 6.20 Å². The van der Waals surface area contributed by atoms with Gasteiger partial charge in [0.2, 0.25) is 15.8 Å². The summed E-state index contributed by atoms with van der Waals surface area (Å²) in [6.45, 7) is 7.03. The van der Waals surface area contributed by atoms with Crippen LogP contribution in [-0.4, -0.2) is 44.6 Å². The molecule has 1 fully saturated rings. The number of piperazine rings is 1. The van der Waals surface area contributed by atoms with Crippen LogP contribution in [0.4, 0.5) is 17.5 Å². The number of hydrogen-bond acceptors (Lipinski definition) is 7. The number of nitrogen functional groups attached to an aromatic ring is 1. The number of sulfone groups is 1. The van der Waals surface area contributed by atoms with E-state index in [1.807, 2.05) is 41.3 Å². The molecule has 0 amide bonds. The first-order valence-electron chi connectivity index (χ1n) is 10.5. The van der Waals surface area contributed by atoms with Crippen molar-refractivity contribution in [2.24, 2.45) is 0 Å². The van der Waals surface area contributed by atoms with E-state index in [1.54, 1.807) is 12.1 Å². The van der Waals surface area contributed by atoms with Crippen molar-refractivity contribution >= 4 is 38.9 Å². The monoisotopic (exact) mass is 471 g/mol. The van der Waals surface area contributed by atoms with Crippen molar-refractivity contribution in [2.45, 2.75) is 29.6 Å². The summed E-state index contributed by atoms with van der Waals surface area (Å²) in [6.07, 6.45) is 1.31. The summed E-state index contributed by atoms with van der Waals surface area (Å²) in [6, 6.07) is 14.6. The summed E-state index contributed by atoms with van der Waals surface area (Å²) in [7, 11) is -3.80. The van der Waals surface area contributed by atoms with Gasteiger partial charge in [-0.25, -0.2) is 13.4 Å². The van der Waals surface area contributed by atoms with Crippen molar-refractivity contribution in [2.75, 3.05) is 41.7 Å². The number of anilines is 3. The van der Waals surface area contributed by atoms with Gasteiger partial charge in [-0.2, -0.15) is 4.98 Å². The zero-order valence-electron chi connectivity index (χ0n) is 18.1. The van der Waals surface area contributed by atoms with E-state index >= 15 is 0 Å². The molecule has 0 atom stereocenters. The van der Waals surface area contributed by atoms with Gasteiger partial charge in [0.1, 0.15) is 10.7 Å². The van der Waals surface area contributed by atoms with Crippen molar-refractivity contribution in [1.29, 1.82) is 0 Å². The van der Waals surface area contributed by atoms with Crippen molar-refractivity contribution in [3.8, 4) is 0 Å². The van der Waals surface area contributed by atoms with Gasteiger partial charge in [-0.1, -0.05) is 43.6 Å². The molecule has 2 N–H and O–H groups in total. The van der Waals surface area contributed by atoms with Gasteiger partial charge >= 0.3 is 0 Å². The lowest BCUT2D eigenvalue weighted by Crippen LogP contribution is -2.47. The lowest BCUT2D eigenvalue weighted by Gasteiger charge is -2.36. The fraction of sp³-hybridized carbons (Fsp3) is 0.304. The van der Waals surface area contributed by atoms with Gasteiger partial charge in [0.05, 0.1) is 11.1 Å². The predicted octanol–water partition coefficient (Wildman–Crippen LogP) is 4.00. The molecule has 0 bridgehead atoms. The molecule has 168 valence electrons. The van der Waals surface area contributed by atoms with Crippen molar-refractivity contribution in [1.82, 2.24) is 9.97 Å². The third-order valence-electron chi connectivity index (χ3n) is 5.65. The summed E-state index contributed by atoms with van der Waals surface area (Å²) in [5.41, 5.74) is 8.22. The van der Waals surface area contributed by atoms with Crippen molar-refractivity contribution in [3.63, 3.8) is 0 Å². The number of hydrogen-bond donors (Lipinski definition) is 1. The van der Waals surface area contributed by atoms with Gasteiger partial charge < -0.3 is 15.5 Å². The van der Waals surface area contributed by atoms with Crippen LogP contribution in [0.25, 0.3) is 0 Å². The molecular weight excluding hydrogens is 446 g/mol. The van der Waals surface area contributed by atoms with Crippen LogP contribution >= 0.6 is 11.6 Å². The molecule has 0 radical (unpaired) electrons. The van der Waals surface area contributed by atoms with Crippen LogP contribution in [0.15, 0.2) is 64.5 Å². The van der Waals surface area contributed by atoms with E-state index in [9.17, 15) is 8.42 Å². The van der Waals surface area contributed by atoms with Gasteiger partial charge in [0, 0.05) is 36.9 Å². The molecule has 7 nitrogen and oxygen atoms in total. The molecule has 2 heterocycles. The maximum Gasteiger partial charge on any atom is 0.227 e. The van der Waals surface area contributed by atoms with E-state index in [4.69, 9.17) is 17.3 Å². The zero-order valence-corrected chi connectivity index (χ0v) is 19.6. The van der Waals surface area contributed by atoms with Gasteiger partial charge in [0.25, 0.3) is 0 Å². The Balaban J connectivity index is 1.50. The Morgan fingerprint density at radius 3 is 2.25 bits per heavy atom. The highest BCUT2D eigenvalue weighted by Crippen LogP contribution is 2.28. The fourth-order valence-electron chi connectivity index (χ4n) is 3.73. The lowest BCUT2D eigenvalue weighted by atomic mass is 10.0. The van der Waals surface area contributed by atoms with E-state index in [0.29, 0.717) is 30.0 Å². The highest BCUT2D eigenvalue weighted by Gasteiger charge is 2.25. The molecule has 0 aliphatic carbocycles. The molecule has 1 aliphatic heterocycles. The number of halogens is 1. The summed E-state index contributed by atoms with van der Waals surface area (Å²) in [5, 5.41) is 0.705. The van der Waals surface area contributed by atoms with E-state index < -0.39 is 9.84 Å². The molecule has 9 heteroatoms. The number of benzene rings is 2. The number of nitrogens with two attached hydrogens (primary N) is 1. The van der Waals surface area contributed by atoms with Gasteiger partial charge in [-0.3, -0.25) is 0 Å². The topological polar surface area (TPSA) is 92.4 Å². The van der Waals surface area contributed by atoms with Crippen molar-refractivity contribution < 1.29 is 8.42 Å². The van der Waals surface area contributed by atoms with Gasteiger partial charge in [-0.15, -0.1) is 0 Å². The second-order valence-corrected chi connectivity index (χ2v) is 10.5. The zero-order chi connectivity index (χ0) is 22.9. The predicted molar refractivity (Wildman–Crippen MR) is 128 cm³/mol. The SMILES string of the molecule is CC(C)c1ccc(S(=O)(=O)c2cnc(N3CCN(c4cccc(Cl)c4)CC3)nc2N)cc1. The molecule has 0 saturated carbocycles. The summed E-state index contributed by atoms with van der Waals surface area (Å²) < 4.78 is 26.1. The Kier molecular flexibility index (Phi) is 6.26. The van der Waals surface area contributed by atoms with E-state index in [-0.39, 0.29) is 15.6 Å². The highest BCUT2D eigenvalue weighted by molar-refractivity contribution is 7.91. The molecule has 2 aromatic carbocycles. The fourth-order valence-corrected chi connectivity index (χ4v) is 5.18. The molecule has 1 aromatic heterocycles. The Morgan fingerprint density at radius 1 is 1.00 bits per heavy atom. The molecule has 0 spiro atoms. The second-order valence-electron chi connectivity index (χ2n) is 8.10. The van der Waals surface area contributed by atoms with Crippen LogP contribution in [-0.2, 0) is 9.84 Å². The lowest BCUT2D eigenvalue weighted by molar-refractivity contribution is 0.595. The second kappa shape index (κ2) is 8.96. The number of rotatable bonds is 5. The first-order valence-corrected chi connectivity index (χ1v) is 12.3. The molecule has 0 unspecified atom stereocenters. The van der Waals surface area contributed by atoms with E-state index in [0.717, 1.165) is 24.3 Å². The minimum absolute atomic E-state index is 0.0415. The Hall–Kier alpha value is -2.84. The Bertz CT molecular complexity index is 1210. The van der Waals surface area contributed by atoms with Crippen LogP contribution in [0.1, 0.15) is 25.3 Å². The average Bonchev–Trinajstić information content (AvgIpc) is 2.79. The van der Waals surface area contributed by atoms with Gasteiger partial charge in [0.15, 0.2) is 0 Å². The van der Waals surface area contributed by atoms with Crippen LogP contribution < -0.4 is 15.5 Å². The quantitative estimate of drug-likeness (QED) is 0.601. The molecule has 32 heavy (non-hydrogen) atoms. The van der Waals surface area contributed by atoms with Crippen LogP contribution in [0.5, 0.6) is 0 Å². The highest BCUT2D eigenvalue weighted by atomic mass is 35.5. The summed E-state index contributed by atoms with van der Waals surface area (Å²) >= 11 is 6.10. The first kappa shape index (κ1) is 22.4. The molecule has 4 rings (SSSR count). The van der Waals surface area contributed by atoms with Crippen LogP contribution in [0.3, 0.4) is 0 Å². The standard InChI is InChI=1S/C23H26ClN5O2S/c1-16(2)17-6-8-20(9-7-17)32(30,31)21-15-26-23(27-22(21)25)29-12-10-28(11-13-29)19-5-3-4-18(24)14-19/h3-9,14-16H,10-13H2,1-2H3,(H2,25,26,27). The summed E-state index contributed by atoms with van der Waals surface area (Å²) in [5.74, 6) is 0.710. The molecule has 3 aromatic rings. The maximum absolute atomic E-state index is 13.1. The molecular formula is C23H26ClN5O2S. The first-order chi connectivity index (χ1) is 15.3. The number of aromatic nitrogens is 2. The maximum atomic E-state index is 13.1. The third kappa shape index (κ3) is 4.52. The Morgan fingerprint density at radius 2 is 1.66 bits per heavy atom. The largest absolute Gasteiger partial charge is 0.382 e. The Labute approximate surface area is 193 Å². The molecule has 1 saturated heterocycles. The normalized spacial score (nSPS) is 14.8. The minimum atomic E-state index is -3.80. The smallest absolute Gasteiger partial charge is 0.227 e. The van der Waals surface area contributed by atoms with Crippen molar-refractivity contribution in [3.05, 3.63) is 65.3 Å². The number of nitrogens with zero attached hydrogens (tertiary/aromatic N) is 4. The van der Waals surface area contributed by atoms with Crippen LogP contribution in [0, 0.1) is 0 Å². The summed E-state index contributed by atoms with van der Waals surface area (Å²) in [4.78, 5) is 13.0. The minimum Gasteiger partial charge on any atom is -0.382 e. The third-order valence-corrected chi connectivity index (χ3v) is 7.67. The van der Waals surface area contributed by atoms with E-state index in [2.05, 4.69) is 28.7 Å². The average molecular weight is 472 g/mol. The van der Waals surface area contributed by atoms with Crippen LogP contribution in [0.2, 0.25) is 5.02 Å².